The largest absolute Gasteiger partial charge is 0.337 e. The number of carbonyl (C=O) groups excluding carboxylic acids is 2. The lowest BCUT2D eigenvalue weighted by Crippen LogP contribution is -2.31. The second-order valence-electron chi connectivity index (χ2n) is 5.72. The molecule has 2 aromatic heterocycles. The van der Waals surface area contributed by atoms with Crippen molar-refractivity contribution in [2.24, 2.45) is 0 Å². The maximum atomic E-state index is 12.0. The van der Waals surface area contributed by atoms with Crippen LogP contribution in [-0.2, 0) is 4.79 Å². The summed E-state index contributed by atoms with van der Waals surface area (Å²) in [5.74, 6) is 0.288. The van der Waals surface area contributed by atoms with Crippen LogP contribution in [0.25, 0.3) is 10.9 Å². The summed E-state index contributed by atoms with van der Waals surface area (Å²) in [6.07, 6.45) is 1.83. The van der Waals surface area contributed by atoms with E-state index in [0.29, 0.717) is 17.0 Å². The van der Waals surface area contributed by atoms with Crippen LogP contribution in [-0.4, -0.2) is 28.5 Å². The molecule has 2 heterocycles. The fourth-order valence-electron chi connectivity index (χ4n) is 2.48. The van der Waals surface area contributed by atoms with Crippen molar-refractivity contribution in [2.45, 2.75) is 13.3 Å². The number of fused-ring (bicyclic) bond motifs is 1. The molecule has 3 N–H and O–H groups in total. The molecule has 0 saturated carbocycles. The zero-order chi connectivity index (χ0) is 18.4. The van der Waals surface area contributed by atoms with Gasteiger partial charge in [-0.2, -0.15) is 0 Å². The highest BCUT2D eigenvalue weighted by Gasteiger charge is 2.08. The van der Waals surface area contributed by atoms with Crippen LogP contribution in [0.15, 0.2) is 54.7 Å². The number of hydrogen-bond acceptors (Lipinski definition) is 4. The first kappa shape index (κ1) is 17.3. The van der Waals surface area contributed by atoms with E-state index in [2.05, 4.69) is 25.9 Å². The van der Waals surface area contributed by atoms with Crippen molar-refractivity contribution < 1.29 is 9.59 Å². The molecule has 0 fully saturated rings. The standard InChI is InChI=1S/C19H19N5O2/c1-13-5-2-9-16(22-13)24-17(25)10-12-21-19(26)23-15-8-3-6-14-7-4-11-20-18(14)15/h2-9,11H,10,12H2,1H3,(H2,21,23,26)(H,22,24,25). The first-order valence-electron chi connectivity index (χ1n) is 8.24. The highest BCUT2D eigenvalue weighted by Crippen LogP contribution is 2.20. The Hall–Kier alpha value is -3.48. The minimum Gasteiger partial charge on any atom is -0.337 e. The highest BCUT2D eigenvalue weighted by atomic mass is 16.2. The first-order chi connectivity index (χ1) is 12.6. The van der Waals surface area contributed by atoms with Gasteiger partial charge in [-0.05, 0) is 31.2 Å². The normalized spacial score (nSPS) is 10.3. The number of aryl methyl sites for hydroxylation is 1. The Morgan fingerprint density at radius 2 is 1.81 bits per heavy atom. The molecule has 1 aromatic carbocycles. The second-order valence-corrected chi connectivity index (χ2v) is 5.72. The number of hydrogen-bond donors (Lipinski definition) is 3. The number of amides is 3. The van der Waals surface area contributed by atoms with Gasteiger partial charge in [-0.3, -0.25) is 9.78 Å². The third-order valence-electron chi connectivity index (χ3n) is 3.67. The Morgan fingerprint density at radius 3 is 2.65 bits per heavy atom. The number of urea groups is 1. The number of nitrogens with one attached hydrogen (secondary N) is 3. The molecule has 0 saturated heterocycles. The number of rotatable bonds is 5. The van der Waals surface area contributed by atoms with Crippen molar-refractivity contribution in [3.63, 3.8) is 0 Å². The van der Waals surface area contributed by atoms with Gasteiger partial charge < -0.3 is 16.0 Å². The molecule has 0 aliphatic heterocycles. The van der Waals surface area contributed by atoms with E-state index in [1.165, 1.54) is 0 Å². The summed E-state index contributed by atoms with van der Waals surface area (Å²) < 4.78 is 0. The topological polar surface area (TPSA) is 96.0 Å². The Balaban J connectivity index is 1.49. The highest BCUT2D eigenvalue weighted by molar-refractivity contribution is 5.99. The van der Waals surface area contributed by atoms with Gasteiger partial charge in [0.05, 0.1) is 11.2 Å². The quantitative estimate of drug-likeness (QED) is 0.659. The van der Waals surface area contributed by atoms with Gasteiger partial charge in [0.15, 0.2) is 0 Å². The average Bonchev–Trinajstić information content (AvgIpc) is 2.62. The van der Waals surface area contributed by atoms with Crippen molar-refractivity contribution >= 4 is 34.3 Å². The minimum absolute atomic E-state index is 0.150. The van der Waals surface area contributed by atoms with Crippen molar-refractivity contribution in [1.29, 1.82) is 0 Å². The molecule has 3 amide bonds. The monoisotopic (exact) mass is 349 g/mol. The van der Waals surface area contributed by atoms with Crippen molar-refractivity contribution in [1.82, 2.24) is 15.3 Å². The van der Waals surface area contributed by atoms with Gasteiger partial charge >= 0.3 is 6.03 Å². The van der Waals surface area contributed by atoms with Crippen molar-refractivity contribution in [3.05, 3.63) is 60.4 Å². The maximum Gasteiger partial charge on any atom is 0.319 e. The predicted molar refractivity (Wildman–Crippen MR) is 101 cm³/mol. The van der Waals surface area contributed by atoms with Crippen molar-refractivity contribution in [2.75, 3.05) is 17.2 Å². The SMILES string of the molecule is Cc1cccc(NC(=O)CCNC(=O)Nc2cccc3cccnc23)n1. The molecule has 3 rings (SSSR count). The summed E-state index contributed by atoms with van der Waals surface area (Å²) >= 11 is 0. The second kappa shape index (κ2) is 8.06. The van der Waals surface area contributed by atoms with Gasteiger partial charge in [0.1, 0.15) is 5.82 Å². The molecule has 0 bridgehead atoms. The van der Waals surface area contributed by atoms with Crippen LogP contribution in [0.1, 0.15) is 12.1 Å². The van der Waals surface area contributed by atoms with Crippen LogP contribution in [0.3, 0.4) is 0 Å². The lowest BCUT2D eigenvalue weighted by atomic mass is 10.2. The van der Waals surface area contributed by atoms with E-state index in [-0.39, 0.29) is 24.9 Å². The first-order valence-corrected chi connectivity index (χ1v) is 8.24. The van der Waals surface area contributed by atoms with Crippen LogP contribution in [0, 0.1) is 6.92 Å². The molecule has 0 unspecified atom stereocenters. The molecule has 7 nitrogen and oxygen atoms in total. The summed E-state index contributed by atoms with van der Waals surface area (Å²) in [7, 11) is 0. The van der Waals surface area contributed by atoms with Gasteiger partial charge in [-0.1, -0.05) is 24.3 Å². The number of carbonyl (C=O) groups is 2. The molecular formula is C19H19N5O2. The number of anilines is 2. The Morgan fingerprint density at radius 1 is 1.00 bits per heavy atom. The molecular weight excluding hydrogens is 330 g/mol. The van der Waals surface area contributed by atoms with Crippen LogP contribution in [0.5, 0.6) is 0 Å². The number of benzene rings is 1. The zero-order valence-corrected chi connectivity index (χ0v) is 14.3. The lowest BCUT2D eigenvalue weighted by Gasteiger charge is -2.09. The third kappa shape index (κ3) is 4.54. The maximum absolute atomic E-state index is 12.0. The molecule has 3 aromatic rings. The average molecular weight is 349 g/mol. The van der Waals surface area contributed by atoms with Gasteiger partial charge in [0.2, 0.25) is 5.91 Å². The van der Waals surface area contributed by atoms with Crippen LogP contribution in [0.4, 0.5) is 16.3 Å². The summed E-state index contributed by atoms with van der Waals surface area (Å²) in [4.78, 5) is 32.4. The van der Waals surface area contributed by atoms with E-state index in [1.54, 1.807) is 18.3 Å². The van der Waals surface area contributed by atoms with Crippen LogP contribution < -0.4 is 16.0 Å². The molecule has 0 atom stereocenters. The molecule has 0 aliphatic rings. The number of aromatic nitrogens is 2. The van der Waals surface area contributed by atoms with E-state index in [4.69, 9.17) is 0 Å². The minimum atomic E-state index is -0.385. The molecule has 0 spiro atoms. The zero-order valence-electron chi connectivity index (χ0n) is 14.3. The summed E-state index contributed by atoms with van der Waals surface area (Å²) in [5, 5.41) is 9.06. The fourth-order valence-corrected chi connectivity index (χ4v) is 2.48. The number of pyridine rings is 2. The van der Waals surface area contributed by atoms with Crippen LogP contribution in [0.2, 0.25) is 0 Å². The van der Waals surface area contributed by atoms with E-state index in [9.17, 15) is 9.59 Å². The van der Waals surface area contributed by atoms with E-state index in [1.807, 2.05) is 43.3 Å². The Bertz CT molecular complexity index is 937. The smallest absolute Gasteiger partial charge is 0.319 e. The van der Waals surface area contributed by atoms with Gasteiger partial charge in [-0.25, -0.2) is 9.78 Å². The van der Waals surface area contributed by atoms with Crippen LogP contribution >= 0.6 is 0 Å². The summed E-state index contributed by atoms with van der Waals surface area (Å²) in [6.45, 7) is 2.06. The summed E-state index contributed by atoms with van der Waals surface area (Å²) in [6, 6.07) is 14.3. The van der Waals surface area contributed by atoms with E-state index < -0.39 is 0 Å². The van der Waals surface area contributed by atoms with Gasteiger partial charge in [-0.15, -0.1) is 0 Å². The summed E-state index contributed by atoms with van der Waals surface area (Å²) in [5.41, 5.74) is 2.16. The molecule has 0 aliphatic carbocycles. The van der Waals surface area contributed by atoms with Gasteiger partial charge in [0.25, 0.3) is 0 Å². The predicted octanol–water partition coefficient (Wildman–Crippen LogP) is 3.09. The lowest BCUT2D eigenvalue weighted by molar-refractivity contribution is -0.116. The molecule has 7 heteroatoms. The fraction of sp³-hybridized carbons (Fsp3) is 0.158. The van der Waals surface area contributed by atoms with E-state index >= 15 is 0 Å². The molecule has 26 heavy (non-hydrogen) atoms. The Labute approximate surface area is 150 Å². The molecule has 0 radical (unpaired) electrons. The third-order valence-corrected chi connectivity index (χ3v) is 3.67. The number of nitrogens with zero attached hydrogens (tertiary/aromatic N) is 2. The van der Waals surface area contributed by atoms with E-state index in [0.717, 1.165) is 11.1 Å². The molecule has 132 valence electrons. The van der Waals surface area contributed by atoms with Gasteiger partial charge in [0, 0.05) is 30.2 Å². The Kier molecular flexibility index (Phi) is 5.38. The number of para-hydroxylation sites is 1. The van der Waals surface area contributed by atoms with Crippen molar-refractivity contribution in [3.8, 4) is 0 Å².